The molecular weight excluding hydrogens is 387 g/mol. The zero-order chi connectivity index (χ0) is 19.9. The summed E-state index contributed by atoms with van der Waals surface area (Å²) in [6.07, 6.45) is -4.30. The maximum absolute atomic E-state index is 12.7. The molecule has 1 fully saturated rings. The second kappa shape index (κ2) is 7.21. The molecule has 2 aromatic heterocycles. The highest BCUT2D eigenvalue weighted by Gasteiger charge is 2.30. The molecule has 0 aliphatic carbocycles. The number of hydrogen-bond donors (Lipinski definition) is 1. The Kier molecular flexibility index (Phi) is 4.88. The minimum absolute atomic E-state index is 0.612. The van der Waals surface area contributed by atoms with Gasteiger partial charge in [-0.15, -0.1) is 0 Å². The van der Waals surface area contributed by atoms with Crippen LogP contribution < -0.4 is 4.90 Å². The van der Waals surface area contributed by atoms with Crippen molar-refractivity contribution in [2.45, 2.75) is 26.6 Å². The van der Waals surface area contributed by atoms with Crippen molar-refractivity contribution in [1.82, 2.24) is 20.1 Å². The minimum Gasteiger partial charge on any atom is -0.334 e. The van der Waals surface area contributed by atoms with Crippen molar-refractivity contribution < 1.29 is 13.2 Å². The fourth-order valence-electron chi connectivity index (χ4n) is 3.28. The largest absolute Gasteiger partial charge is 0.416 e. The Bertz CT molecular complexity index is 961. The number of alkyl halides is 3. The highest BCUT2D eigenvalue weighted by Crippen LogP contribution is 2.35. The Labute approximate surface area is 164 Å². The third-order valence-corrected chi connectivity index (χ3v) is 5.98. The SMILES string of the molecule is Cc1cc(-c2sc(N3CCN(Cc4ccc(C(F)(F)F)cc4)C3)nc2C)n[nH]1. The summed E-state index contributed by atoms with van der Waals surface area (Å²) in [5, 5.41) is 8.22. The lowest BCUT2D eigenvalue weighted by atomic mass is 10.1. The molecule has 28 heavy (non-hydrogen) atoms. The minimum atomic E-state index is -4.30. The average molecular weight is 407 g/mol. The lowest BCUT2D eigenvalue weighted by molar-refractivity contribution is -0.137. The smallest absolute Gasteiger partial charge is 0.334 e. The normalized spacial score (nSPS) is 15.5. The Morgan fingerprint density at radius 1 is 1.14 bits per heavy atom. The van der Waals surface area contributed by atoms with Gasteiger partial charge in [0.15, 0.2) is 5.13 Å². The van der Waals surface area contributed by atoms with Crippen molar-refractivity contribution in [2.75, 3.05) is 24.7 Å². The monoisotopic (exact) mass is 407 g/mol. The number of halogens is 3. The van der Waals surface area contributed by atoms with Crippen LogP contribution in [0.15, 0.2) is 30.3 Å². The number of nitrogens with one attached hydrogen (secondary N) is 1. The highest BCUT2D eigenvalue weighted by molar-refractivity contribution is 7.19. The lowest BCUT2D eigenvalue weighted by Crippen LogP contribution is -2.24. The zero-order valence-electron chi connectivity index (χ0n) is 15.5. The van der Waals surface area contributed by atoms with Crippen LogP contribution in [-0.2, 0) is 12.7 Å². The van der Waals surface area contributed by atoms with Crippen LogP contribution in [0.1, 0.15) is 22.5 Å². The molecule has 0 amide bonds. The molecule has 5 nitrogen and oxygen atoms in total. The molecule has 1 N–H and O–H groups in total. The van der Waals surface area contributed by atoms with Gasteiger partial charge in [-0.2, -0.15) is 18.3 Å². The van der Waals surface area contributed by atoms with Crippen LogP contribution in [0.3, 0.4) is 0 Å². The molecule has 0 radical (unpaired) electrons. The van der Waals surface area contributed by atoms with E-state index in [0.29, 0.717) is 13.2 Å². The number of nitrogens with zero attached hydrogens (tertiary/aromatic N) is 4. The van der Waals surface area contributed by atoms with E-state index in [0.717, 1.165) is 57.9 Å². The predicted octanol–water partition coefficient (Wildman–Crippen LogP) is 4.45. The number of benzene rings is 1. The Hall–Kier alpha value is -2.39. The topological polar surface area (TPSA) is 48.1 Å². The molecule has 1 aliphatic heterocycles. The number of aromatic amines is 1. The molecular formula is C19H20F3N5S. The molecule has 0 spiro atoms. The summed E-state index contributed by atoms with van der Waals surface area (Å²) >= 11 is 1.62. The lowest BCUT2D eigenvalue weighted by Gasteiger charge is -2.17. The van der Waals surface area contributed by atoms with Crippen molar-refractivity contribution in [3.05, 3.63) is 52.8 Å². The summed E-state index contributed by atoms with van der Waals surface area (Å²) in [6.45, 7) is 6.95. The first-order valence-corrected chi connectivity index (χ1v) is 9.74. The fraction of sp³-hybridized carbons (Fsp3) is 0.368. The maximum atomic E-state index is 12.7. The van der Waals surface area contributed by atoms with E-state index in [1.807, 2.05) is 19.9 Å². The summed E-state index contributed by atoms with van der Waals surface area (Å²) in [7, 11) is 0. The van der Waals surface area contributed by atoms with Crippen LogP contribution in [-0.4, -0.2) is 39.8 Å². The molecule has 3 heterocycles. The first-order valence-electron chi connectivity index (χ1n) is 8.93. The molecule has 0 unspecified atom stereocenters. The fourth-order valence-corrected chi connectivity index (χ4v) is 4.32. The molecule has 0 atom stereocenters. The third-order valence-electron chi connectivity index (χ3n) is 4.74. The van der Waals surface area contributed by atoms with E-state index >= 15 is 0 Å². The Morgan fingerprint density at radius 3 is 2.54 bits per heavy atom. The molecule has 1 saturated heterocycles. The van der Waals surface area contributed by atoms with Gasteiger partial charge in [0.2, 0.25) is 0 Å². The molecule has 148 valence electrons. The molecule has 1 aromatic carbocycles. The summed E-state index contributed by atoms with van der Waals surface area (Å²) in [5.41, 5.74) is 3.12. The van der Waals surface area contributed by atoms with Gasteiger partial charge in [0.25, 0.3) is 0 Å². The van der Waals surface area contributed by atoms with Crippen LogP contribution in [0, 0.1) is 13.8 Å². The summed E-state index contributed by atoms with van der Waals surface area (Å²) in [5.74, 6) is 0. The quantitative estimate of drug-likeness (QED) is 0.694. The van der Waals surface area contributed by atoms with Gasteiger partial charge in [0.05, 0.1) is 22.8 Å². The number of hydrogen-bond acceptors (Lipinski definition) is 5. The number of thiazole rings is 1. The van der Waals surface area contributed by atoms with Crippen LogP contribution in [0.4, 0.5) is 18.3 Å². The van der Waals surface area contributed by atoms with E-state index in [9.17, 15) is 13.2 Å². The number of anilines is 1. The second-order valence-corrected chi connectivity index (χ2v) is 7.98. The molecule has 3 aromatic rings. The number of aromatic nitrogens is 3. The van der Waals surface area contributed by atoms with E-state index in [1.54, 1.807) is 23.5 Å². The van der Waals surface area contributed by atoms with Gasteiger partial charge in [0, 0.05) is 25.3 Å². The van der Waals surface area contributed by atoms with Gasteiger partial charge in [0.1, 0.15) is 5.69 Å². The summed E-state index contributed by atoms with van der Waals surface area (Å²) in [6, 6.07) is 7.40. The van der Waals surface area contributed by atoms with E-state index in [2.05, 4.69) is 20.0 Å². The Morgan fingerprint density at radius 2 is 1.89 bits per heavy atom. The predicted molar refractivity (Wildman–Crippen MR) is 103 cm³/mol. The molecule has 0 saturated carbocycles. The number of H-pyrrole nitrogens is 1. The van der Waals surface area contributed by atoms with Crippen molar-refractivity contribution >= 4 is 16.5 Å². The van der Waals surface area contributed by atoms with Gasteiger partial charge in [-0.3, -0.25) is 10.00 Å². The van der Waals surface area contributed by atoms with Gasteiger partial charge >= 0.3 is 6.18 Å². The van der Waals surface area contributed by atoms with Crippen LogP contribution in [0.2, 0.25) is 0 Å². The Balaban J connectivity index is 1.42. The average Bonchev–Trinajstić information content (AvgIpc) is 3.35. The van der Waals surface area contributed by atoms with Crippen molar-refractivity contribution in [2.24, 2.45) is 0 Å². The maximum Gasteiger partial charge on any atom is 0.416 e. The van der Waals surface area contributed by atoms with Gasteiger partial charge in [-0.25, -0.2) is 4.98 Å². The van der Waals surface area contributed by atoms with Crippen LogP contribution in [0.5, 0.6) is 0 Å². The summed E-state index contributed by atoms with van der Waals surface area (Å²) < 4.78 is 38.1. The second-order valence-electron chi connectivity index (χ2n) is 7.00. The van der Waals surface area contributed by atoms with Crippen molar-refractivity contribution in [3.8, 4) is 10.6 Å². The third kappa shape index (κ3) is 3.90. The van der Waals surface area contributed by atoms with Crippen molar-refractivity contribution in [3.63, 3.8) is 0 Å². The van der Waals surface area contributed by atoms with E-state index in [4.69, 9.17) is 4.98 Å². The van der Waals surface area contributed by atoms with Gasteiger partial charge < -0.3 is 4.90 Å². The molecule has 9 heteroatoms. The van der Waals surface area contributed by atoms with E-state index in [1.165, 1.54) is 0 Å². The van der Waals surface area contributed by atoms with Crippen LogP contribution >= 0.6 is 11.3 Å². The van der Waals surface area contributed by atoms with Crippen LogP contribution in [0.25, 0.3) is 10.6 Å². The van der Waals surface area contributed by atoms with E-state index in [-0.39, 0.29) is 0 Å². The number of rotatable bonds is 4. The van der Waals surface area contributed by atoms with Gasteiger partial charge in [-0.1, -0.05) is 23.5 Å². The first-order chi connectivity index (χ1) is 13.3. The van der Waals surface area contributed by atoms with Gasteiger partial charge in [-0.05, 0) is 37.6 Å². The zero-order valence-corrected chi connectivity index (χ0v) is 16.4. The standard InChI is InChI=1S/C19H20F3N5S/c1-12-9-16(25-24-12)17-13(2)23-18(28-17)27-8-7-26(11-27)10-14-3-5-15(6-4-14)19(20,21)22/h3-6,9H,7-8,10-11H2,1-2H3,(H,24,25). The highest BCUT2D eigenvalue weighted by atomic mass is 32.1. The molecule has 1 aliphatic rings. The summed E-state index contributed by atoms with van der Waals surface area (Å²) in [4.78, 5) is 10.2. The van der Waals surface area contributed by atoms with Crippen molar-refractivity contribution in [1.29, 1.82) is 0 Å². The molecule has 0 bridgehead atoms. The van der Waals surface area contributed by atoms with E-state index < -0.39 is 11.7 Å². The first kappa shape index (κ1) is 18.9. The number of aryl methyl sites for hydroxylation is 2. The molecule has 4 rings (SSSR count).